The maximum absolute atomic E-state index is 11.5. The number of imidazole rings is 1. The number of hydrogen-bond donors (Lipinski definition) is 2. The number of aromatic amines is 1. The van der Waals surface area contributed by atoms with Gasteiger partial charge in [0.1, 0.15) is 11.9 Å². The lowest BCUT2D eigenvalue weighted by Crippen LogP contribution is -1.96. The molecule has 1 atom stereocenters. The second-order valence-corrected chi connectivity index (χ2v) is 7.34. The zero-order valence-electron chi connectivity index (χ0n) is 12.2. The molecular weight excluding hydrogens is 300 g/mol. The van der Waals surface area contributed by atoms with Gasteiger partial charge in [0, 0.05) is 6.26 Å². The third-order valence-corrected chi connectivity index (χ3v) is 4.64. The van der Waals surface area contributed by atoms with Gasteiger partial charge >= 0.3 is 0 Å². The zero-order valence-corrected chi connectivity index (χ0v) is 13.1. The van der Waals surface area contributed by atoms with Crippen LogP contribution in [0.2, 0.25) is 0 Å². The van der Waals surface area contributed by atoms with Crippen LogP contribution in [0.4, 0.5) is 0 Å². The summed E-state index contributed by atoms with van der Waals surface area (Å²) in [6.45, 7) is 1.66. The second-order valence-electron chi connectivity index (χ2n) is 5.33. The first-order chi connectivity index (χ1) is 10.3. The number of rotatable bonds is 3. The highest BCUT2D eigenvalue weighted by molar-refractivity contribution is 7.90. The summed E-state index contributed by atoms with van der Waals surface area (Å²) in [5.41, 5.74) is 3.49. The van der Waals surface area contributed by atoms with Gasteiger partial charge in [0.15, 0.2) is 9.84 Å². The quantitative estimate of drug-likeness (QED) is 0.778. The highest BCUT2D eigenvalue weighted by Crippen LogP contribution is 2.25. The lowest BCUT2D eigenvalue weighted by atomic mass is 10.1. The molecule has 0 radical (unpaired) electrons. The van der Waals surface area contributed by atoms with Crippen molar-refractivity contribution in [2.45, 2.75) is 17.9 Å². The van der Waals surface area contributed by atoms with E-state index in [1.807, 2.05) is 18.2 Å². The predicted octanol–water partition coefficient (Wildman–Crippen LogP) is 2.69. The summed E-state index contributed by atoms with van der Waals surface area (Å²) in [7, 11) is -3.19. The molecule has 114 valence electrons. The molecule has 2 aromatic carbocycles. The van der Waals surface area contributed by atoms with Crippen LogP contribution in [-0.2, 0) is 9.84 Å². The third kappa shape index (κ3) is 2.75. The van der Waals surface area contributed by atoms with E-state index in [0.717, 1.165) is 22.2 Å². The Kier molecular flexibility index (Phi) is 3.50. The van der Waals surface area contributed by atoms with E-state index < -0.39 is 15.9 Å². The maximum atomic E-state index is 11.5. The van der Waals surface area contributed by atoms with Gasteiger partial charge in [-0.2, -0.15) is 0 Å². The smallest absolute Gasteiger partial charge is 0.175 e. The van der Waals surface area contributed by atoms with E-state index in [1.165, 1.54) is 6.26 Å². The van der Waals surface area contributed by atoms with E-state index in [9.17, 15) is 13.5 Å². The summed E-state index contributed by atoms with van der Waals surface area (Å²) in [5.74, 6) is 0.527. The molecule has 22 heavy (non-hydrogen) atoms. The molecule has 3 aromatic rings. The number of aliphatic hydroxyl groups excluding tert-OH is 1. The van der Waals surface area contributed by atoms with Crippen LogP contribution in [0.5, 0.6) is 0 Å². The summed E-state index contributed by atoms with van der Waals surface area (Å²) < 4.78 is 23.0. The van der Waals surface area contributed by atoms with Crippen LogP contribution < -0.4 is 0 Å². The van der Waals surface area contributed by atoms with Gasteiger partial charge < -0.3 is 10.1 Å². The molecule has 0 saturated carbocycles. The van der Waals surface area contributed by atoms with Crippen LogP contribution in [0.1, 0.15) is 18.9 Å². The molecule has 0 aliphatic heterocycles. The zero-order chi connectivity index (χ0) is 15.9. The van der Waals surface area contributed by atoms with E-state index in [-0.39, 0.29) is 0 Å². The minimum Gasteiger partial charge on any atom is -0.385 e. The van der Waals surface area contributed by atoms with E-state index in [1.54, 1.807) is 31.2 Å². The van der Waals surface area contributed by atoms with Crippen molar-refractivity contribution in [3.05, 3.63) is 48.3 Å². The number of sulfone groups is 1. The van der Waals surface area contributed by atoms with Gasteiger partial charge in [-0.25, -0.2) is 13.4 Å². The fraction of sp³-hybridized carbons (Fsp3) is 0.188. The Morgan fingerprint density at radius 2 is 1.73 bits per heavy atom. The first kappa shape index (κ1) is 14.7. The normalized spacial score (nSPS) is 13.4. The summed E-state index contributed by atoms with van der Waals surface area (Å²) >= 11 is 0. The number of nitrogens with zero attached hydrogens (tertiary/aromatic N) is 1. The van der Waals surface area contributed by atoms with E-state index in [2.05, 4.69) is 9.97 Å². The number of benzene rings is 2. The average molecular weight is 316 g/mol. The number of hydrogen-bond acceptors (Lipinski definition) is 4. The average Bonchev–Trinajstić information content (AvgIpc) is 2.89. The van der Waals surface area contributed by atoms with Crippen molar-refractivity contribution < 1.29 is 13.5 Å². The number of H-pyrrole nitrogens is 1. The molecule has 0 spiro atoms. The Morgan fingerprint density at radius 1 is 1.09 bits per heavy atom. The Labute approximate surface area is 128 Å². The number of aromatic nitrogens is 2. The van der Waals surface area contributed by atoms with Crippen LogP contribution >= 0.6 is 0 Å². The standard InChI is InChI=1S/C16H16N2O3S/c1-10(19)16-17-14-8-5-12(9-15(14)18-16)11-3-6-13(7-4-11)22(2,20)21/h3-10,19H,1-2H3,(H,17,18). The first-order valence-corrected chi connectivity index (χ1v) is 8.72. The second kappa shape index (κ2) is 5.23. The molecule has 1 unspecified atom stereocenters. The largest absolute Gasteiger partial charge is 0.385 e. The fourth-order valence-electron chi connectivity index (χ4n) is 2.30. The molecule has 0 aliphatic rings. The highest BCUT2D eigenvalue weighted by Gasteiger charge is 2.10. The minimum atomic E-state index is -3.19. The molecule has 1 heterocycles. The van der Waals surface area contributed by atoms with Crippen LogP contribution in [0, 0.1) is 0 Å². The van der Waals surface area contributed by atoms with Gasteiger partial charge in [0.2, 0.25) is 0 Å². The lowest BCUT2D eigenvalue weighted by Gasteiger charge is -2.03. The minimum absolute atomic E-state index is 0.301. The first-order valence-electron chi connectivity index (χ1n) is 6.83. The third-order valence-electron chi connectivity index (χ3n) is 3.51. The van der Waals surface area contributed by atoms with Gasteiger partial charge in [0.05, 0.1) is 15.9 Å². The van der Waals surface area contributed by atoms with Gasteiger partial charge in [-0.1, -0.05) is 18.2 Å². The molecule has 6 heteroatoms. The Balaban J connectivity index is 2.02. The lowest BCUT2D eigenvalue weighted by molar-refractivity contribution is 0.190. The van der Waals surface area contributed by atoms with Gasteiger partial charge in [-0.3, -0.25) is 0 Å². The maximum Gasteiger partial charge on any atom is 0.175 e. The van der Waals surface area contributed by atoms with E-state index in [0.29, 0.717) is 10.7 Å². The van der Waals surface area contributed by atoms with Crippen LogP contribution in [0.3, 0.4) is 0 Å². The van der Waals surface area contributed by atoms with Crippen molar-refractivity contribution in [2.24, 2.45) is 0 Å². The topological polar surface area (TPSA) is 83.1 Å². The van der Waals surface area contributed by atoms with Crippen molar-refractivity contribution in [3.63, 3.8) is 0 Å². The summed E-state index contributed by atoms with van der Waals surface area (Å²) in [6.07, 6.45) is 0.542. The molecule has 1 aromatic heterocycles. The van der Waals surface area contributed by atoms with E-state index >= 15 is 0 Å². The van der Waals surface area contributed by atoms with Crippen molar-refractivity contribution in [2.75, 3.05) is 6.26 Å². The monoisotopic (exact) mass is 316 g/mol. The van der Waals surface area contributed by atoms with Crippen molar-refractivity contribution in [3.8, 4) is 11.1 Å². The van der Waals surface area contributed by atoms with Gasteiger partial charge in [0.25, 0.3) is 0 Å². The SMILES string of the molecule is CC(O)c1nc2ccc(-c3ccc(S(C)(=O)=O)cc3)cc2[nH]1. The molecule has 3 rings (SSSR count). The molecule has 0 aliphatic carbocycles. The molecule has 0 saturated heterocycles. The molecular formula is C16H16N2O3S. The van der Waals surface area contributed by atoms with Crippen molar-refractivity contribution in [1.82, 2.24) is 9.97 Å². The van der Waals surface area contributed by atoms with Crippen LogP contribution in [-0.4, -0.2) is 29.7 Å². The van der Waals surface area contributed by atoms with Crippen LogP contribution in [0.25, 0.3) is 22.2 Å². The number of nitrogens with one attached hydrogen (secondary N) is 1. The van der Waals surface area contributed by atoms with Crippen molar-refractivity contribution in [1.29, 1.82) is 0 Å². The Bertz CT molecular complexity index is 926. The van der Waals surface area contributed by atoms with Gasteiger partial charge in [-0.15, -0.1) is 0 Å². The Morgan fingerprint density at radius 3 is 2.32 bits per heavy atom. The molecule has 0 amide bonds. The number of fused-ring (bicyclic) bond motifs is 1. The molecule has 0 bridgehead atoms. The summed E-state index contributed by atoms with van der Waals surface area (Å²) in [5, 5.41) is 9.57. The fourth-order valence-corrected chi connectivity index (χ4v) is 2.93. The van der Waals surface area contributed by atoms with Crippen LogP contribution in [0.15, 0.2) is 47.4 Å². The van der Waals surface area contributed by atoms with Gasteiger partial charge in [-0.05, 0) is 42.3 Å². The summed E-state index contributed by atoms with van der Waals surface area (Å²) in [6, 6.07) is 12.5. The Hall–Kier alpha value is -2.18. The predicted molar refractivity (Wildman–Crippen MR) is 85.3 cm³/mol. The molecule has 2 N–H and O–H groups in total. The van der Waals surface area contributed by atoms with Crippen molar-refractivity contribution >= 4 is 20.9 Å². The van der Waals surface area contributed by atoms with E-state index in [4.69, 9.17) is 0 Å². The molecule has 0 fully saturated rings. The summed E-state index contributed by atoms with van der Waals surface area (Å²) in [4.78, 5) is 7.69. The number of aliphatic hydroxyl groups is 1. The molecule has 5 nitrogen and oxygen atoms in total. The highest BCUT2D eigenvalue weighted by atomic mass is 32.2.